The lowest BCUT2D eigenvalue weighted by Crippen LogP contribution is -2.10. The van der Waals surface area contributed by atoms with Crippen molar-refractivity contribution in [3.8, 4) is 5.69 Å². The number of sulfone groups is 1. The fourth-order valence-corrected chi connectivity index (χ4v) is 6.69. The van der Waals surface area contributed by atoms with E-state index in [1.54, 1.807) is 0 Å². The number of hydrogen-bond acceptors (Lipinski definition) is 6. The highest BCUT2D eigenvalue weighted by molar-refractivity contribution is 7.99. The third-order valence-corrected chi connectivity index (χ3v) is 8.61. The minimum absolute atomic E-state index is 0.0319. The zero-order chi connectivity index (χ0) is 22.3. The fourth-order valence-electron chi connectivity index (χ4n) is 4.15. The fraction of sp³-hybridized carbons (Fsp3) is 0.409. The molecule has 1 fully saturated rings. The number of aryl methyl sites for hydroxylation is 2. The number of ketones is 1. The van der Waals surface area contributed by atoms with Gasteiger partial charge in [-0.05, 0) is 45.4 Å². The molecule has 0 radical (unpaired) electrons. The average Bonchev–Trinajstić information content (AvgIpc) is 3.36. The molecule has 9 heteroatoms. The van der Waals surface area contributed by atoms with Crippen molar-refractivity contribution in [2.24, 2.45) is 7.05 Å². The first-order valence-corrected chi connectivity index (χ1v) is 13.0. The van der Waals surface area contributed by atoms with Crippen molar-refractivity contribution in [2.45, 2.75) is 38.3 Å². The maximum Gasteiger partial charge on any atom is 0.191 e. The Balaban J connectivity index is 1.49. The molecule has 4 rings (SSSR count). The van der Waals surface area contributed by atoms with Crippen LogP contribution in [0.4, 0.5) is 0 Å². The summed E-state index contributed by atoms with van der Waals surface area (Å²) in [6, 6.07) is 10.2. The van der Waals surface area contributed by atoms with E-state index in [9.17, 15) is 13.2 Å². The van der Waals surface area contributed by atoms with Crippen LogP contribution in [0.2, 0.25) is 0 Å². The molecule has 0 spiro atoms. The van der Waals surface area contributed by atoms with Crippen molar-refractivity contribution in [1.29, 1.82) is 0 Å². The van der Waals surface area contributed by atoms with E-state index in [1.165, 1.54) is 17.3 Å². The molecule has 1 unspecified atom stereocenters. The predicted octanol–water partition coefficient (Wildman–Crippen LogP) is 3.41. The molecular formula is C22H26N4O3S2. The highest BCUT2D eigenvalue weighted by Gasteiger charge is 2.32. The number of aromatic nitrogens is 4. The topological polar surface area (TPSA) is 86.8 Å². The number of benzene rings is 1. The number of hydrogen-bond donors (Lipinski definition) is 0. The Labute approximate surface area is 186 Å². The van der Waals surface area contributed by atoms with Crippen LogP contribution in [0.25, 0.3) is 5.69 Å². The van der Waals surface area contributed by atoms with Gasteiger partial charge in [-0.25, -0.2) is 8.42 Å². The van der Waals surface area contributed by atoms with Crippen molar-refractivity contribution >= 4 is 27.4 Å². The molecule has 3 heterocycles. The summed E-state index contributed by atoms with van der Waals surface area (Å²) in [4.78, 5) is 13.0. The van der Waals surface area contributed by atoms with Crippen LogP contribution in [0.3, 0.4) is 0 Å². The lowest BCUT2D eigenvalue weighted by atomic mass is 10.1. The van der Waals surface area contributed by atoms with Crippen LogP contribution < -0.4 is 0 Å². The van der Waals surface area contributed by atoms with Crippen LogP contribution >= 0.6 is 11.8 Å². The van der Waals surface area contributed by atoms with Crippen LogP contribution in [0.5, 0.6) is 0 Å². The second-order valence-corrected chi connectivity index (χ2v) is 11.3. The Bertz CT molecular complexity index is 1240. The summed E-state index contributed by atoms with van der Waals surface area (Å²) >= 11 is 1.33. The quantitative estimate of drug-likeness (QED) is 0.416. The van der Waals surface area contributed by atoms with Gasteiger partial charge in [-0.3, -0.25) is 4.79 Å². The Morgan fingerprint density at radius 2 is 1.87 bits per heavy atom. The van der Waals surface area contributed by atoms with Crippen molar-refractivity contribution < 1.29 is 13.2 Å². The lowest BCUT2D eigenvalue weighted by Gasteiger charge is -2.10. The molecule has 1 aromatic carbocycles. The largest absolute Gasteiger partial charge is 0.318 e. The Kier molecular flexibility index (Phi) is 5.83. The van der Waals surface area contributed by atoms with E-state index < -0.39 is 9.84 Å². The molecule has 0 saturated carbocycles. The molecule has 1 atom stereocenters. The lowest BCUT2D eigenvalue weighted by molar-refractivity contribution is 0.102. The van der Waals surface area contributed by atoms with E-state index >= 15 is 0 Å². The number of Topliss-reactive ketones (excluding diaryl/α,β-unsaturated/α-hetero) is 1. The molecule has 2 aromatic heterocycles. The Morgan fingerprint density at radius 1 is 1.16 bits per heavy atom. The van der Waals surface area contributed by atoms with E-state index in [0.717, 1.165) is 17.1 Å². The molecule has 0 amide bonds. The van der Waals surface area contributed by atoms with Crippen LogP contribution in [0.15, 0.2) is 35.5 Å². The molecule has 3 aromatic rings. The third kappa shape index (κ3) is 4.34. The van der Waals surface area contributed by atoms with Gasteiger partial charge in [0, 0.05) is 35.6 Å². The molecule has 164 valence electrons. The predicted molar refractivity (Wildman–Crippen MR) is 122 cm³/mol. The van der Waals surface area contributed by atoms with Gasteiger partial charge in [0.1, 0.15) is 5.82 Å². The maximum absolute atomic E-state index is 13.0. The molecular weight excluding hydrogens is 432 g/mol. The van der Waals surface area contributed by atoms with Gasteiger partial charge >= 0.3 is 0 Å². The zero-order valence-corrected chi connectivity index (χ0v) is 19.8. The summed E-state index contributed by atoms with van der Waals surface area (Å²) in [7, 11) is -1.16. The SMILES string of the molecule is Cc1ccc(-n2c(C)cc(C(=O)CSc3nnc(C4CCS(=O)(=O)C4)n3C)c2C)cc1. The first-order valence-electron chi connectivity index (χ1n) is 10.2. The number of rotatable bonds is 6. The number of thioether (sulfide) groups is 1. The van der Waals surface area contributed by atoms with Gasteiger partial charge in [-0.1, -0.05) is 29.5 Å². The van der Waals surface area contributed by atoms with Crippen LogP contribution in [0.1, 0.15) is 45.5 Å². The summed E-state index contributed by atoms with van der Waals surface area (Å²) in [5, 5.41) is 9.03. The van der Waals surface area contributed by atoms with Gasteiger partial charge < -0.3 is 9.13 Å². The minimum atomic E-state index is -2.99. The first kappa shape index (κ1) is 21.8. The summed E-state index contributed by atoms with van der Waals surface area (Å²) < 4.78 is 27.5. The van der Waals surface area contributed by atoms with Gasteiger partial charge in [0.2, 0.25) is 0 Å². The molecule has 1 aliphatic heterocycles. The van der Waals surface area contributed by atoms with Gasteiger partial charge in [-0.15, -0.1) is 10.2 Å². The van der Waals surface area contributed by atoms with Crippen molar-refractivity contribution in [3.63, 3.8) is 0 Å². The second-order valence-electron chi connectivity index (χ2n) is 8.17. The Morgan fingerprint density at radius 3 is 2.52 bits per heavy atom. The van der Waals surface area contributed by atoms with E-state index in [2.05, 4.69) is 46.0 Å². The number of carbonyl (C=O) groups excluding carboxylic acids is 1. The van der Waals surface area contributed by atoms with Crippen molar-refractivity contribution in [3.05, 3.63) is 58.7 Å². The number of carbonyl (C=O) groups is 1. The molecule has 31 heavy (non-hydrogen) atoms. The molecule has 7 nitrogen and oxygen atoms in total. The van der Waals surface area contributed by atoms with Gasteiger partial charge in [-0.2, -0.15) is 0 Å². The highest BCUT2D eigenvalue weighted by Crippen LogP contribution is 2.30. The smallest absolute Gasteiger partial charge is 0.191 e. The normalized spacial score (nSPS) is 17.9. The second kappa shape index (κ2) is 8.27. The number of nitrogens with zero attached hydrogens (tertiary/aromatic N) is 4. The van der Waals surface area contributed by atoms with E-state index in [1.807, 2.05) is 31.5 Å². The van der Waals surface area contributed by atoms with Gasteiger partial charge in [0.25, 0.3) is 0 Å². The van der Waals surface area contributed by atoms with Crippen molar-refractivity contribution in [1.82, 2.24) is 19.3 Å². The summed E-state index contributed by atoms with van der Waals surface area (Å²) in [5.41, 5.74) is 4.86. The van der Waals surface area contributed by atoms with E-state index in [4.69, 9.17) is 0 Å². The minimum Gasteiger partial charge on any atom is -0.318 e. The molecule has 0 bridgehead atoms. The first-order chi connectivity index (χ1) is 14.7. The average molecular weight is 459 g/mol. The third-order valence-electron chi connectivity index (χ3n) is 5.82. The summed E-state index contributed by atoms with van der Waals surface area (Å²) in [6.45, 7) is 6.02. The Hall–Kier alpha value is -2.39. The standard InChI is InChI=1S/C22H26N4O3S2/c1-14-5-7-18(8-6-14)26-15(2)11-19(16(26)3)20(27)12-30-22-24-23-21(25(22)4)17-9-10-31(28,29)13-17/h5-8,11,17H,9-10,12-13H2,1-4H3. The highest BCUT2D eigenvalue weighted by atomic mass is 32.2. The van der Waals surface area contributed by atoms with Gasteiger partial charge in [0.05, 0.1) is 17.3 Å². The molecule has 1 aliphatic rings. The van der Waals surface area contributed by atoms with Crippen LogP contribution in [-0.2, 0) is 16.9 Å². The summed E-state index contributed by atoms with van der Waals surface area (Å²) in [5.74, 6) is 1.14. The molecule has 0 N–H and O–H groups in total. The van der Waals surface area contributed by atoms with Gasteiger partial charge in [0.15, 0.2) is 20.8 Å². The molecule has 1 saturated heterocycles. The van der Waals surface area contributed by atoms with E-state index in [-0.39, 0.29) is 29.0 Å². The van der Waals surface area contributed by atoms with E-state index in [0.29, 0.717) is 23.0 Å². The maximum atomic E-state index is 13.0. The monoisotopic (exact) mass is 458 g/mol. The van der Waals surface area contributed by atoms with Crippen LogP contribution in [0, 0.1) is 20.8 Å². The zero-order valence-electron chi connectivity index (χ0n) is 18.1. The summed E-state index contributed by atoms with van der Waals surface area (Å²) in [6.07, 6.45) is 0.572. The molecule has 0 aliphatic carbocycles. The van der Waals surface area contributed by atoms with Crippen LogP contribution in [-0.4, -0.2) is 50.8 Å². The van der Waals surface area contributed by atoms with Crippen molar-refractivity contribution in [2.75, 3.05) is 17.3 Å².